The van der Waals surface area contributed by atoms with E-state index in [2.05, 4.69) is 21.2 Å². The third-order valence-corrected chi connectivity index (χ3v) is 3.93. The van der Waals surface area contributed by atoms with Crippen molar-refractivity contribution in [2.45, 2.75) is 24.8 Å². The molecular formula is C13H15BrN2O5. The summed E-state index contributed by atoms with van der Waals surface area (Å²) in [7, 11) is 1.45. The topological polar surface area (TPSA) is 99.9 Å². The van der Waals surface area contributed by atoms with E-state index < -0.39 is 23.3 Å². The summed E-state index contributed by atoms with van der Waals surface area (Å²) in [5, 5.41) is 11.6. The lowest BCUT2D eigenvalue weighted by molar-refractivity contribution is -0.151. The first-order valence-electron chi connectivity index (χ1n) is 6.39. The van der Waals surface area contributed by atoms with E-state index in [1.807, 2.05) is 0 Å². The van der Waals surface area contributed by atoms with Gasteiger partial charge in [-0.25, -0.2) is 4.79 Å². The number of carbonyl (C=O) groups is 3. The van der Waals surface area contributed by atoms with E-state index in [4.69, 9.17) is 9.52 Å². The second kappa shape index (κ2) is 5.88. The van der Waals surface area contributed by atoms with Gasteiger partial charge in [0, 0.05) is 7.05 Å². The van der Waals surface area contributed by atoms with Gasteiger partial charge in [-0.1, -0.05) is 0 Å². The van der Waals surface area contributed by atoms with Crippen LogP contribution < -0.4 is 5.32 Å². The maximum Gasteiger partial charge on any atom is 0.329 e. The average molecular weight is 359 g/mol. The van der Waals surface area contributed by atoms with Gasteiger partial charge in [0.15, 0.2) is 10.4 Å². The molecule has 2 amide bonds. The number of furan rings is 1. The molecule has 0 unspecified atom stereocenters. The third kappa shape index (κ3) is 3.26. The summed E-state index contributed by atoms with van der Waals surface area (Å²) in [6.07, 6.45) is 1.59. The van der Waals surface area contributed by atoms with Crippen LogP contribution in [0.4, 0.5) is 0 Å². The summed E-state index contributed by atoms with van der Waals surface area (Å²) < 4.78 is 5.54. The van der Waals surface area contributed by atoms with Crippen LogP contribution in [0.2, 0.25) is 0 Å². The van der Waals surface area contributed by atoms with Gasteiger partial charge in [0.25, 0.3) is 5.91 Å². The Bertz CT molecular complexity index is 579. The number of likely N-dealkylation sites (N-methyl/N-ethyl adjacent to an activating group) is 1. The van der Waals surface area contributed by atoms with Crippen LogP contribution in [0.3, 0.4) is 0 Å². The highest BCUT2D eigenvalue weighted by atomic mass is 79.9. The lowest BCUT2D eigenvalue weighted by Crippen LogP contribution is -2.60. The highest BCUT2D eigenvalue weighted by molar-refractivity contribution is 9.10. The number of carbonyl (C=O) groups excluding carboxylic acids is 2. The van der Waals surface area contributed by atoms with E-state index in [0.29, 0.717) is 17.5 Å². The monoisotopic (exact) mass is 358 g/mol. The zero-order valence-electron chi connectivity index (χ0n) is 11.4. The van der Waals surface area contributed by atoms with Gasteiger partial charge in [0.2, 0.25) is 5.91 Å². The summed E-state index contributed by atoms with van der Waals surface area (Å²) >= 11 is 3.09. The molecule has 0 bridgehead atoms. The minimum absolute atomic E-state index is 0.105. The first kappa shape index (κ1) is 15.6. The number of nitrogens with zero attached hydrogens (tertiary/aromatic N) is 1. The molecule has 8 heteroatoms. The summed E-state index contributed by atoms with van der Waals surface area (Å²) in [4.78, 5) is 36.2. The molecule has 0 saturated heterocycles. The van der Waals surface area contributed by atoms with Crippen molar-refractivity contribution in [1.29, 1.82) is 0 Å². The molecule has 1 heterocycles. The van der Waals surface area contributed by atoms with Crippen molar-refractivity contribution in [1.82, 2.24) is 10.2 Å². The smallest absolute Gasteiger partial charge is 0.329 e. The molecule has 2 rings (SSSR count). The Labute approximate surface area is 129 Å². The Hall–Kier alpha value is -1.83. The first-order valence-corrected chi connectivity index (χ1v) is 7.18. The molecule has 1 saturated carbocycles. The van der Waals surface area contributed by atoms with Gasteiger partial charge in [0.05, 0.1) is 6.54 Å². The second-order valence-electron chi connectivity index (χ2n) is 5.05. The number of hydrogen-bond acceptors (Lipinski definition) is 4. The number of halogens is 1. The van der Waals surface area contributed by atoms with Crippen LogP contribution in [0.1, 0.15) is 29.8 Å². The van der Waals surface area contributed by atoms with E-state index in [9.17, 15) is 14.4 Å². The minimum Gasteiger partial charge on any atom is -0.480 e. The molecule has 0 atom stereocenters. The molecule has 0 spiro atoms. The van der Waals surface area contributed by atoms with Gasteiger partial charge in [-0.05, 0) is 47.3 Å². The second-order valence-corrected chi connectivity index (χ2v) is 5.84. The zero-order chi connectivity index (χ0) is 15.6. The van der Waals surface area contributed by atoms with Gasteiger partial charge in [-0.15, -0.1) is 0 Å². The summed E-state index contributed by atoms with van der Waals surface area (Å²) in [5.74, 6) is -1.88. The molecule has 1 aromatic heterocycles. The molecule has 7 nitrogen and oxygen atoms in total. The van der Waals surface area contributed by atoms with Crippen LogP contribution in [-0.2, 0) is 9.59 Å². The summed E-state index contributed by atoms with van der Waals surface area (Å²) in [6, 6.07) is 3.07. The van der Waals surface area contributed by atoms with Crippen molar-refractivity contribution in [3.05, 3.63) is 22.6 Å². The Morgan fingerprint density at radius 3 is 2.52 bits per heavy atom. The number of amides is 2. The van der Waals surface area contributed by atoms with Gasteiger partial charge in [0.1, 0.15) is 5.54 Å². The molecule has 0 aromatic carbocycles. The molecule has 114 valence electrons. The van der Waals surface area contributed by atoms with Crippen molar-refractivity contribution in [2.24, 2.45) is 0 Å². The first-order chi connectivity index (χ1) is 9.84. The largest absolute Gasteiger partial charge is 0.480 e. The predicted molar refractivity (Wildman–Crippen MR) is 75.7 cm³/mol. The van der Waals surface area contributed by atoms with Crippen LogP contribution >= 0.6 is 15.9 Å². The number of hydrogen-bond donors (Lipinski definition) is 2. The van der Waals surface area contributed by atoms with Crippen molar-refractivity contribution >= 4 is 33.7 Å². The molecule has 1 aliphatic carbocycles. The zero-order valence-corrected chi connectivity index (χ0v) is 13.0. The molecule has 1 aromatic rings. The molecule has 2 N–H and O–H groups in total. The Morgan fingerprint density at radius 2 is 2.10 bits per heavy atom. The van der Waals surface area contributed by atoms with Gasteiger partial charge >= 0.3 is 5.97 Å². The van der Waals surface area contributed by atoms with Gasteiger partial charge < -0.3 is 19.7 Å². The van der Waals surface area contributed by atoms with Crippen LogP contribution in [0.25, 0.3) is 0 Å². The van der Waals surface area contributed by atoms with Crippen molar-refractivity contribution in [3.63, 3.8) is 0 Å². The van der Waals surface area contributed by atoms with E-state index in [-0.39, 0.29) is 12.3 Å². The van der Waals surface area contributed by atoms with E-state index >= 15 is 0 Å². The van der Waals surface area contributed by atoms with Gasteiger partial charge in [-0.2, -0.15) is 0 Å². The fourth-order valence-corrected chi connectivity index (χ4v) is 2.44. The normalized spacial score (nSPS) is 15.9. The lowest BCUT2D eigenvalue weighted by atomic mass is 9.77. The Balaban J connectivity index is 1.93. The van der Waals surface area contributed by atoms with Crippen LogP contribution in [-0.4, -0.2) is 46.9 Å². The highest BCUT2D eigenvalue weighted by Gasteiger charge is 2.45. The van der Waals surface area contributed by atoms with E-state index in [1.165, 1.54) is 18.0 Å². The SMILES string of the molecule is CN(CC(=O)NC1(C(=O)O)CCC1)C(=O)c1ccc(Br)o1. The average Bonchev–Trinajstić information content (AvgIpc) is 2.79. The van der Waals surface area contributed by atoms with Crippen molar-refractivity contribution in [2.75, 3.05) is 13.6 Å². The number of rotatable bonds is 5. The summed E-state index contributed by atoms with van der Waals surface area (Å²) in [6.45, 7) is -0.230. The fourth-order valence-electron chi connectivity index (χ4n) is 2.13. The molecule has 0 radical (unpaired) electrons. The number of nitrogens with one attached hydrogen (secondary N) is 1. The molecular weight excluding hydrogens is 344 g/mol. The Morgan fingerprint density at radius 1 is 1.43 bits per heavy atom. The maximum absolute atomic E-state index is 12.0. The minimum atomic E-state index is -1.17. The van der Waals surface area contributed by atoms with E-state index in [0.717, 1.165) is 6.42 Å². The van der Waals surface area contributed by atoms with Crippen molar-refractivity contribution in [3.8, 4) is 0 Å². The third-order valence-electron chi connectivity index (χ3n) is 3.51. The molecule has 1 aliphatic rings. The van der Waals surface area contributed by atoms with Crippen LogP contribution in [0.5, 0.6) is 0 Å². The van der Waals surface area contributed by atoms with Gasteiger partial charge in [-0.3, -0.25) is 9.59 Å². The standard InChI is InChI=1S/C13H15BrN2O5/c1-16(11(18)8-3-4-9(14)21-8)7-10(17)15-13(12(19)20)5-2-6-13/h3-4H,2,5-7H2,1H3,(H,15,17)(H,19,20). The predicted octanol–water partition coefficient (Wildman–Crippen LogP) is 1.24. The number of carboxylic acids is 1. The quantitative estimate of drug-likeness (QED) is 0.824. The highest BCUT2D eigenvalue weighted by Crippen LogP contribution is 2.31. The number of aliphatic carboxylic acids is 1. The molecule has 21 heavy (non-hydrogen) atoms. The lowest BCUT2D eigenvalue weighted by Gasteiger charge is -2.38. The Kier molecular flexibility index (Phi) is 4.36. The number of carboxylic acid groups (broad SMARTS) is 1. The maximum atomic E-state index is 12.0. The summed E-state index contributed by atoms with van der Waals surface area (Å²) in [5.41, 5.74) is -1.17. The molecule has 1 fully saturated rings. The van der Waals surface area contributed by atoms with Crippen molar-refractivity contribution < 1.29 is 23.9 Å². The van der Waals surface area contributed by atoms with E-state index in [1.54, 1.807) is 6.07 Å². The fraction of sp³-hybridized carbons (Fsp3) is 0.462. The van der Waals surface area contributed by atoms with Crippen LogP contribution in [0, 0.1) is 0 Å². The van der Waals surface area contributed by atoms with Crippen LogP contribution in [0.15, 0.2) is 21.2 Å². The molecule has 0 aliphatic heterocycles.